The van der Waals surface area contributed by atoms with Crippen molar-refractivity contribution in [2.24, 2.45) is 0 Å². The maximum Gasteiger partial charge on any atom is 0.242 e. The van der Waals surface area contributed by atoms with E-state index in [4.69, 9.17) is 9.15 Å². The van der Waals surface area contributed by atoms with Gasteiger partial charge in [-0.1, -0.05) is 29.8 Å². The maximum absolute atomic E-state index is 12.3. The molecule has 7 heteroatoms. The second-order valence-corrected chi connectivity index (χ2v) is 6.73. The summed E-state index contributed by atoms with van der Waals surface area (Å²) in [6.45, 7) is 4.38. The number of likely N-dealkylation sites (N-methyl/N-ethyl adjacent to an activating group) is 1. The number of aryl methyl sites for hydroxylation is 2. The first-order valence-corrected chi connectivity index (χ1v) is 9.14. The molecule has 1 aromatic heterocycles. The number of hydrogen-bond donors (Lipinski definition) is 0. The van der Waals surface area contributed by atoms with Crippen LogP contribution in [0.15, 0.2) is 34.9 Å². The van der Waals surface area contributed by atoms with E-state index in [0.717, 1.165) is 5.56 Å². The Balaban J connectivity index is 1.48. The van der Waals surface area contributed by atoms with Crippen molar-refractivity contribution in [1.82, 2.24) is 14.8 Å². The minimum atomic E-state index is -0.105. The fourth-order valence-corrected chi connectivity index (χ4v) is 2.89. The van der Waals surface area contributed by atoms with Gasteiger partial charge in [0, 0.05) is 38.5 Å². The molecule has 0 saturated carbocycles. The molecule has 0 unspecified atom stereocenters. The number of morpholine rings is 1. The zero-order chi connectivity index (χ0) is 19.2. The minimum Gasteiger partial charge on any atom is -0.441 e. The van der Waals surface area contributed by atoms with Crippen LogP contribution >= 0.6 is 0 Å². The Kier molecular flexibility index (Phi) is 6.24. The van der Waals surface area contributed by atoms with Crippen LogP contribution in [0.25, 0.3) is 11.3 Å². The number of carbonyl (C=O) groups is 2. The Labute approximate surface area is 158 Å². The summed E-state index contributed by atoms with van der Waals surface area (Å²) >= 11 is 0. The first-order chi connectivity index (χ1) is 13.0. The smallest absolute Gasteiger partial charge is 0.242 e. The predicted octanol–water partition coefficient (Wildman–Crippen LogP) is 1.90. The van der Waals surface area contributed by atoms with Crippen molar-refractivity contribution < 1.29 is 18.7 Å². The molecule has 27 heavy (non-hydrogen) atoms. The van der Waals surface area contributed by atoms with Crippen molar-refractivity contribution in [3.05, 3.63) is 41.9 Å². The molecule has 2 heterocycles. The molecule has 0 spiro atoms. The number of aromatic nitrogens is 1. The van der Waals surface area contributed by atoms with E-state index in [9.17, 15) is 9.59 Å². The number of amides is 2. The number of oxazole rings is 1. The third kappa shape index (κ3) is 5.17. The standard InChI is InChI=1S/C20H25N3O4/c1-15-3-5-16(6-4-15)17-13-21-18(27-17)7-8-19(24)22(2)14-20(25)23-9-11-26-12-10-23/h3-6,13H,7-12,14H2,1-2H3. The molecule has 0 N–H and O–H groups in total. The molecule has 1 aliphatic rings. The number of hydrogen-bond acceptors (Lipinski definition) is 5. The maximum atomic E-state index is 12.3. The highest BCUT2D eigenvalue weighted by atomic mass is 16.5. The van der Waals surface area contributed by atoms with Crippen molar-refractivity contribution in [2.75, 3.05) is 39.9 Å². The monoisotopic (exact) mass is 371 g/mol. The van der Waals surface area contributed by atoms with Gasteiger partial charge in [0.05, 0.1) is 26.0 Å². The van der Waals surface area contributed by atoms with E-state index >= 15 is 0 Å². The van der Waals surface area contributed by atoms with Gasteiger partial charge in [0.1, 0.15) is 0 Å². The zero-order valence-electron chi connectivity index (χ0n) is 15.8. The number of rotatable bonds is 6. The van der Waals surface area contributed by atoms with Crippen molar-refractivity contribution >= 4 is 11.8 Å². The van der Waals surface area contributed by atoms with Gasteiger partial charge in [-0.15, -0.1) is 0 Å². The lowest BCUT2D eigenvalue weighted by molar-refractivity contribution is -0.141. The molecule has 1 aromatic carbocycles. The van der Waals surface area contributed by atoms with Crippen LogP contribution in [0.1, 0.15) is 17.9 Å². The van der Waals surface area contributed by atoms with E-state index in [2.05, 4.69) is 4.98 Å². The van der Waals surface area contributed by atoms with Crippen LogP contribution in [-0.2, 0) is 20.7 Å². The van der Waals surface area contributed by atoms with Crippen LogP contribution in [0.4, 0.5) is 0 Å². The Morgan fingerprint density at radius 1 is 1.19 bits per heavy atom. The van der Waals surface area contributed by atoms with Crippen molar-refractivity contribution in [2.45, 2.75) is 19.8 Å². The highest BCUT2D eigenvalue weighted by Gasteiger charge is 2.20. The molecule has 2 amide bonds. The third-order valence-electron chi connectivity index (χ3n) is 4.60. The molecule has 0 radical (unpaired) electrons. The molecule has 144 valence electrons. The van der Waals surface area contributed by atoms with E-state index in [1.165, 1.54) is 10.5 Å². The third-order valence-corrected chi connectivity index (χ3v) is 4.60. The van der Waals surface area contributed by atoms with Gasteiger partial charge in [-0.3, -0.25) is 9.59 Å². The lowest BCUT2D eigenvalue weighted by Gasteiger charge is -2.28. The first kappa shape index (κ1) is 19.1. The molecule has 7 nitrogen and oxygen atoms in total. The van der Waals surface area contributed by atoms with Gasteiger partial charge in [-0.05, 0) is 6.92 Å². The number of carbonyl (C=O) groups excluding carboxylic acids is 2. The van der Waals surface area contributed by atoms with E-state index in [1.54, 1.807) is 18.1 Å². The van der Waals surface area contributed by atoms with E-state index in [1.807, 2.05) is 31.2 Å². The molecule has 1 saturated heterocycles. The number of benzene rings is 1. The molecule has 2 aromatic rings. The largest absolute Gasteiger partial charge is 0.441 e. The summed E-state index contributed by atoms with van der Waals surface area (Å²) in [5.41, 5.74) is 2.14. The lowest BCUT2D eigenvalue weighted by Crippen LogP contribution is -2.46. The van der Waals surface area contributed by atoms with Crippen LogP contribution in [0.3, 0.4) is 0 Å². The Bertz CT molecular complexity index is 779. The first-order valence-electron chi connectivity index (χ1n) is 9.14. The topological polar surface area (TPSA) is 75.9 Å². The summed E-state index contributed by atoms with van der Waals surface area (Å²) in [6.07, 6.45) is 2.33. The van der Waals surface area contributed by atoms with Gasteiger partial charge in [0.15, 0.2) is 11.7 Å². The van der Waals surface area contributed by atoms with Gasteiger partial charge in [-0.2, -0.15) is 0 Å². The van der Waals surface area contributed by atoms with Gasteiger partial charge in [0.2, 0.25) is 11.8 Å². The molecule has 1 aliphatic heterocycles. The van der Waals surface area contributed by atoms with E-state index in [-0.39, 0.29) is 24.8 Å². The van der Waals surface area contributed by atoms with Crippen LogP contribution in [0.2, 0.25) is 0 Å². The number of nitrogens with zero attached hydrogens (tertiary/aromatic N) is 3. The second-order valence-electron chi connectivity index (χ2n) is 6.73. The van der Waals surface area contributed by atoms with Crippen LogP contribution in [-0.4, -0.2) is 66.5 Å². The van der Waals surface area contributed by atoms with Crippen LogP contribution in [0, 0.1) is 6.92 Å². The quantitative estimate of drug-likeness (QED) is 0.775. The van der Waals surface area contributed by atoms with Crippen molar-refractivity contribution in [3.63, 3.8) is 0 Å². The highest BCUT2D eigenvalue weighted by molar-refractivity contribution is 5.84. The molecule has 0 aliphatic carbocycles. The fraction of sp³-hybridized carbons (Fsp3) is 0.450. The van der Waals surface area contributed by atoms with Gasteiger partial charge in [0.25, 0.3) is 0 Å². The summed E-state index contributed by atoms with van der Waals surface area (Å²) in [5, 5.41) is 0. The van der Waals surface area contributed by atoms with Crippen LogP contribution in [0.5, 0.6) is 0 Å². The fourth-order valence-electron chi connectivity index (χ4n) is 2.89. The summed E-state index contributed by atoms with van der Waals surface area (Å²) in [7, 11) is 1.65. The minimum absolute atomic E-state index is 0.0491. The van der Waals surface area contributed by atoms with Gasteiger partial charge < -0.3 is 19.0 Å². The van der Waals surface area contributed by atoms with E-state index in [0.29, 0.717) is 44.4 Å². The Morgan fingerprint density at radius 3 is 2.59 bits per heavy atom. The van der Waals surface area contributed by atoms with Crippen LogP contribution < -0.4 is 0 Å². The Hall–Kier alpha value is -2.67. The molecular weight excluding hydrogens is 346 g/mol. The molecule has 1 fully saturated rings. The Morgan fingerprint density at radius 2 is 1.89 bits per heavy atom. The SMILES string of the molecule is Cc1ccc(-c2cnc(CCC(=O)N(C)CC(=O)N3CCOCC3)o2)cc1. The summed E-state index contributed by atoms with van der Waals surface area (Å²) < 4.78 is 11.0. The molecule has 3 rings (SSSR count). The second kappa shape index (κ2) is 8.81. The zero-order valence-corrected chi connectivity index (χ0v) is 15.8. The average Bonchev–Trinajstić information content (AvgIpc) is 3.16. The van der Waals surface area contributed by atoms with Gasteiger partial charge >= 0.3 is 0 Å². The predicted molar refractivity (Wildman–Crippen MR) is 100 cm³/mol. The normalized spacial score (nSPS) is 14.2. The lowest BCUT2D eigenvalue weighted by atomic mass is 10.1. The summed E-state index contributed by atoms with van der Waals surface area (Å²) in [4.78, 5) is 32.0. The van der Waals surface area contributed by atoms with Gasteiger partial charge in [-0.25, -0.2) is 4.98 Å². The summed E-state index contributed by atoms with van der Waals surface area (Å²) in [6, 6.07) is 7.99. The highest BCUT2D eigenvalue weighted by Crippen LogP contribution is 2.21. The molecular formula is C20H25N3O4. The number of ether oxygens (including phenoxy) is 1. The molecule has 0 atom stereocenters. The summed E-state index contributed by atoms with van der Waals surface area (Å²) in [5.74, 6) is 1.05. The molecule has 0 bridgehead atoms. The van der Waals surface area contributed by atoms with Crippen molar-refractivity contribution in [1.29, 1.82) is 0 Å². The van der Waals surface area contributed by atoms with E-state index < -0.39 is 0 Å². The van der Waals surface area contributed by atoms with Crippen molar-refractivity contribution in [3.8, 4) is 11.3 Å². The average molecular weight is 371 g/mol.